The van der Waals surface area contributed by atoms with Crippen molar-refractivity contribution in [2.45, 2.75) is 26.3 Å². The van der Waals surface area contributed by atoms with E-state index in [-0.39, 0.29) is 5.56 Å². The summed E-state index contributed by atoms with van der Waals surface area (Å²) in [7, 11) is 1.78. The summed E-state index contributed by atoms with van der Waals surface area (Å²) in [6, 6.07) is 1.92. The maximum Gasteiger partial charge on any atom is 0.253 e. The van der Waals surface area contributed by atoms with Crippen LogP contribution in [0.15, 0.2) is 29.5 Å². The molecular weight excluding hydrogens is 266 g/mol. The first-order valence-corrected chi connectivity index (χ1v) is 7.41. The Kier molecular flexibility index (Phi) is 3.92. The molecule has 1 fully saturated rings. The van der Waals surface area contributed by atoms with E-state index in [1.54, 1.807) is 11.6 Å². The van der Waals surface area contributed by atoms with Gasteiger partial charge in [0.15, 0.2) is 0 Å². The minimum absolute atomic E-state index is 0.0394. The molecule has 1 aliphatic heterocycles. The standard InChI is InChI=1S/C16H21N3O2/c1-12-8-14(10-18(2)16(12)20)15-17-5-6-19(15)9-13-4-3-7-21-11-13/h5-6,8,10,13H,3-4,7,9,11H2,1-2H3. The third-order valence-corrected chi connectivity index (χ3v) is 4.05. The summed E-state index contributed by atoms with van der Waals surface area (Å²) >= 11 is 0. The number of ether oxygens (including phenoxy) is 1. The summed E-state index contributed by atoms with van der Waals surface area (Å²) in [5.41, 5.74) is 1.76. The summed E-state index contributed by atoms with van der Waals surface area (Å²) in [5, 5.41) is 0. The lowest BCUT2D eigenvalue weighted by Gasteiger charge is -2.23. The first-order valence-electron chi connectivity index (χ1n) is 7.41. The molecule has 112 valence electrons. The molecule has 0 aliphatic carbocycles. The van der Waals surface area contributed by atoms with Gasteiger partial charge in [-0.15, -0.1) is 0 Å². The van der Waals surface area contributed by atoms with Crippen molar-refractivity contribution in [3.05, 3.63) is 40.6 Å². The average Bonchev–Trinajstić information content (AvgIpc) is 2.93. The predicted molar refractivity (Wildman–Crippen MR) is 81.2 cm³/mol. The molecule has 0 saturated carbocycles. The van der Waals surface area contributed by atoms with Gasteiger partial charge in [-0.3, -0.25) is 4.79 Å². The molecule has 2 aromatic heterocycles. The largest absolute Gasteiger partial charge is 0.381 e. The Balaban J connectivity index is 1.89. The third kappa shape index (κ3) is 2.93. The molecule has 0 radical (unpaired) electrons. The first-order chi connectivity index (χ1) is 10.1. The van der Waals surface area contributed by atoms with E-state index in [9.17, 15) is 4.79 Å². The number of hydrogen-bond donors (Lipinski definition) is 0. The van der Waals surface area contributed by atoms with Gasteiger partial charge in [-0.05, 0) is 25.8 Å². The number of hydrogen-bond acceptors (Lipinski definition) is 3. The van der Waals surface area contributed by atoms with Gasteiger partial charge in [0, 0.05) is 55.8 Å². The maximum absolute atomic E-state index is 11.8. The summed E-state index contributed by atoms with van der Waals surface area (Å²) in [6.07, 6.45) is 8.01. The van der Waals surface area contributed by atoms with Crippen molar-refractivity contribution in [3.8, 4) is 11.4 Å². The minimum Gasteiger partial charge on any atom is -0.381 e. The fourth-order valence-corrected chi connectivity index (χ4v) is 2.95. The normalized spacial score (nSPS) is 18.9. The zero-order chi connectivity index (χ0) is 14.8. The molecule has 2 aromatic rings. The van der Waals surface area contributed by atoms with E-state index < -0.39 is 0 Å². The molecule has 0 bridgehead atoms. The van der Waals surface area contributed by atoms with Crippen molar-refractivity contribution in [2.24, 2.45) is 13.0 Å². The topological polar surface area (TPSA) is 49.0 Å². The van der Waals surface area contributed by atoms with Crippen LogP contribution in [-0.4, -0.2) is 27.3 Å². The summed E-state index contributed by atoms with van der Waals surface area (Å²) in [6.45, 7) is 4.46. The fourth-order valence-electron chi connectivity index (χ4n) is 2.95. The second-order valence-electron chi connectivity index (χ2n) is 5.81. The molecule has 5 heteroatoms. The Labute approximate surface area is 124 Å². The second-order valence-corrected chi connectivity index (χ2v) is 5.81. The molecule has 21 heavy (non-hydrogen) atoms. The molecule has 3 heterocycles. The highest BCUT2D eigenvalue weighted by Crippen LogP contribution is 2.21. The van der Waals surface area contributed by atoms with E-state index in [1.807, 2.05) is 31.6 Å². The molecule has 1 saturated heterocycles. The van der Waals surface area contributed by atoms with Gasteiger partial charge >= 0.3 is 0 Å². The van der Waals surface area contributed by atoms with Crippen molar-refractivity contribution in [1.82, 2.24) is 14.1 Å². The first kappa shape index (κ1) is 14.1. The van der Waals surface area contributed by atoms with E-state index in [2.05, 4.69) is 9.55 Å². The predicted octanol–water partition coefficient (Wildman–Crippen LogP) is 1.98. The molecule has 1 unspecified atom stereocenters. The van der Waals surface area contributed by atoms with Crippen LogP contribution < -0.4 is 5.56 Å². The van der Waals surface area contributed by atoms with Crippen LogP contribution in [0.3, 0.4) is 0 Å². The number of aryl methyl sites for hydroxylation is 2. The van der Waals surface area contributed by atoms with Crippen LogP contribution in [0.5, 0.6) is 0 Å². The summed E-state index contributed by atoms with van der Waals surface area (Å²) in [5.74, 6) is 1.46. The molecule has 0 aromatic carbocycles. The van der Waals surface area contributed by atoms with Gasteiger partial charge in [0.25, 0.3) is 5.56 Å². The van der Waals surface area contributed by atoms with Gasteiger partial charge in [-0.2, -0.15) is 0 Å². The Hall–Kier alpha value is -1.88. The van der Waals surface area contributed by atoms with Gasteiger partial charge in [0.05, 0.1) is 6.61 Å². The second kappa shape index (κ2) is 5.85. The van der Waals surface area contributed by atoms with E-state index in [4.69, 9.17) is 4.74 Å². The number of pyridine rings is 1. The van der Waals surface area contributed by atoms with Crippen LogP contribution in [0.4, 0.5) is 0 Å². The lowest BCUT2D eigenvalue weighted by atomic mass is 10.0. The Bertz CT molecular complexity index is 655. The molecule has 5 nitrogen and oxygen atoms in total. The Morgan fingerprint density at radius 1 is 1.48 bits per heavy atom. The van der Waals surface area contributed by atoms with E-state index in [1.165, 1.54) is 6.42 Å². The van der Waals surface area contributed by atoms with Crippen LogP contribution in [0.1, 0.15) is 18.4 Å². The molecule has 3 rings (SSSR count). The molecule has 1 atom stereocenters. The van der Waals surface area contributed by atoms with Crippen molar-refractivity contribution in [2.75, 3.05) is 13.2 Å². The smallest absolute Gasteiger partial charge is 0.253 e. The molecule has 0 amide bonds. The highest BCUT2D eigenvalue weighted by Gasteiger charge is 2.17. The van der Waals surface area contributed by atoms with Crippen LogP contribution >= 0.6 is 0 Å². The quantitative estimate of drug-likeness (QED) is 0.867. The van der Waals surface area contributed by atoms with Gasteiger partial charge in [-0.1, -0.05) is 0 Å². The zero-order valence-corrected chi connectivity index (χ0v) is 12.6. The minimum atomic E-state index is 0.0394. The van der Waals surface area contributed by atoms with Gasteiger partial charge < -0.3 is 13.9 Å². The van der Waals surface area contributed by atoms with Crippen molar-refractivity contribution >= 4 is 0 Å². The van der Waals surface area contributed by atoms with Crippen molar-refractivity contribution in [3.63, 3.8) is 0 Å². The number of aromatic nitrogens is 3. The molecule has 0 N–H and O–H groups in total. The Morgan fingerprint density at radius 2 is 2.33 bits per heavy atom. The van der Waals surface area contributed by atoms with Crippen LogP contribution in [0, 0.1) is 12.8 Å². The van der Waals surface area contributed by atoms with Gasteiger partial charge in [-0.25, -0.2) is 4.98 Å². The number of imidazole rings is 1. The monoisotopic (exact) mass is 287 g/mol. The van der Waals surface area contributed by atoms with Crippen LogP contribution in [-0.2, 0) is 18.3 Å². The SMILES string of the molecule is Cc1cc(-c2nccn2CC2CCCOC2)cn(C)c1=O. The lowest BCUT2D eigenvalue weighted by Crippen LogP contribution is -2.22. The van der Waals surface area contributed by atoms with E-state index >= 15 is 0 Å². The number of rotatable bonds is 3. The molecule has 1 aliphatic rings. The lowest BCUT2D eigenvalue weighted by molar-refractivity contribution is 0.0485. The van der Waals surface area contributed by atoms with Crippen molar-refractivity contribution < 1.29 is 4.74 Å². The van der Waals surface area contributed by atoms with Gasteiger partial charge in [0.1, 0.15) is 5.82 Å². The van der Waals surface area contributed by atoms with E-state index in [0.29, 0.717) is 5.92 Å². The zero-order valence-electron chi connectivity index (χ0n) is 12.6. The van der Waals surface area contributed by atoms with Crippen molar-refractivity contribution in [1.29, 1.82) is 0 Å². The molecular formula is C16H21N3O2. The van der Waals surface area contributed by atoms with Gasteiger partial charge in [0.2, 0.25) is 0 Å². The highest BCUT2D eigenvalue weighted by molar-refractivity contribution is 5.55. The van der Waals surface area contributed by atoms with Crippen LogP contribution in [0.25, 0.3) is 11.4 Å². The van der Waals surface area contributed by atoms with E-state index in [0.717, 1.165) is 43.1 Å². The summed E-state index contributed by atoms with van der Waals surface area (Å²) in [4.78, 5) is 16.3. The van der Waals surface area contributed by atoms with Crippen LogP contribution in [0.2, 0.25) is 0 Å². The third-order valence-electron chi connectivity index (χ3n) is 4.05. The maximum atomic E-state index is 11.8. The average molecular weight is 287 g/mol. The fraction of sp³-hybridized carbons (Fsp3) is 0.500. The number of nitrogens with zero attached hydrogens (tertiary/aromatic N) is 3. The summed E-state index contributed by atoms with van der Waals surface area (Å²) < 4.78 is 9.33. The Morgan fingerprint density at radius 3 is 3.05 bits per heavy atom. The molecule has 0 spiro atoms. The highest BCUT2D eigenvalue weighted by atomic mass is 16.5.